The van der Waals surface area contributed by atoms with E-state index in [1.54, 1.807) is 6.92 Å². The molecule has 0 saturated carbocycles. The van der Waals surface area contributed by atoms with Gasteiger partial charge in [-0.15, -0.1) is 0 Å². The van der Waals surface area contributed by atoms with E-state index in [0.717, 1.165) is 0 Å². The van der Waals surface area contributed by atoms with E-state index in [4.69, 9.17) is 14.6 Å². The van der Waals surface area contributed by atoms with Crippen LogP contribution in [0.2, 0.25) is 0 Å². The average Bonchev–Trinajstić information content (AvgIpc) is 2.29. The summed E-state index contributed by atoms with van der Waals surface area (Å²) < 4.78 is 10.2. The molecule has 0 aromatic carbocycles. The van der Waals surface area contributed by atoms with Gasteiger partial charge in [0.1, 0.15) is 12.2 Å². The van der Waals surface area contributed by atoms with Crippen LogP contribution in [0, 0.1) is 5.92 Å². The van der Waals surface area contributed by atoms with Crippen molar-refractivity contribution in [2.24, 2.45) is 5.92 Å². The van der Waals surface area contributed by atoms with Crippen molar-refractivity contribution < 1.29 is 86.1 Å². The number of carboxylic acid groups (broad SMARTS) is 1. The molecule has 7 nitrogen and oxygen atoms in total. The smallest absolute Gasteiger partial charge is 0.547 e. The maximum absolute atomic E-state index is 10.5. The second-order valence-corrected chi connectivity index (χ2v) is 4.16. The zero-order valence-electron chi connectivity index (χ0n) is 10.6. The molecule has 3 N–H and O–H groups in total. The Bertz CT molecular complexity index is 273. The van der Waals surface area contributed by atoms with E-state index in [9.17, 15) is 20.1 Å². The quantitative estimate of drug-likeness (QED) is 0.441. The molecule has 1 fully saturated rings. The molecule has 100 valence electrons. The largest absolute Gasteiger partial charge is 1.00 e. The van der Waals surface area contributed by atoms with Crippen LogP contribution in [-0.4, -0.2) is 58.6 Å². The molecule has 0 radical (unpaired) electrons. The van der Waals surface area contributed by atoms with Crippen LogP contribution in [0.5, 0.6) is 0 Å². The van der Waals surface area contributed by atoms with E-state index in [0.29, 0.717) is 0 Å². The first-order chi connectivity index (χ1) is 7.88. The fourth-order valence-electron chi connectivity index (χ4n) is 1.63. The van der Waals surface area contributed by atoms with Crippen molar-refractivity contribution in [3.05, 3.63) is 0 Å². The van der Waals surface area contributed by atoms with Crippen LogP contribution in [-0.2, 0) is 14.3 Å². The third-order valence-electron chi connectivity index (χ3n) is 2.86. The molecule has 0 aromatic heterocycles. The molecule has 1 heterocycles. The summed E-state index contributed by atoms with van der Waals surface area (Å²) in [5.74, 6) is -2.02. The Morgan fingerprint density at radius 2 is 2.00 bits per heavy atom. The number of aliphatic hydroxyl groups is 3. The molecule has 0 aliphatic carbocycles. The summed E-state index contributed by atoms with van der Waals surface area (Å²) >= 11 is 0. The number of carboxylic acids is 1. The first-order valence-corrected chi connectivity index (χ1v) is 5.37. The predicted octanol–water partition coefficient (Wildman–Crippen LogP) is -5.78. The molecule has 1 rings (SSSR count). The van der Waals surface area contributed by atoms with Crippen LogP contribution in [0.25, 0.3) is 0 Å². The summed E-state index contributed by atoms with van der Waals surface area (Å²) in [6.07, 6.45) is -5.60. The van der Waals surface area contributed by atoms with E-state index in [-0.39, 0.29) is 51.4 Å². The monoisotopic (exact) mass is 288 g/mol. The van der Waals surface area contributed by atoms with Crippen molar-refractivity contribution in [2.75, 3.05) is 6.61 Å². The molecule has 0 aromatic rings. The molecule has 18 heavy (non-hydrogen) atoms. The van der Waals surface area contributed by atoms with Crippen molar-refractivity contribution in [1.29, 1.82) is 0 Å². The molecule has 1 aliphatic heterocycles. The van der Waals surface area contributed by atoms with E-state index < -0.39 is 49.2 Å². The molecule has 0 amide bonds. The van der Waals surface area contributed by atoms with E-state index >= 15 is 0 Å². The molecule has 8 heteroatoms. The average molecular weight is 288 g/mol. The van der Waals surface area contributed by atoms with Gasteiger partial charge in [-0.2, -0.15) is 0 Å². The van der Waals surface area contributed by atoms with Crippen molar-refractivity contribution in [2.45, 2.75) is 44.6 Å². The van der Waals surface area contributed by atoms with Crippen LogP contribution >= 0.6 is 0 Å². The molecule has 3 unspecified atom stereocenters. The number of aliphatic carboxylic acids is 1. The second-order valence-electron chi connectivity index (χ2n) is 4.16. The van der Waals surface area contributed by atoms with Crippen molar-refractivity contribution in [3.8, 4) is 0 Å². The van der Waals surface area contributed by atoms with Crippen LogP contribution < -0.4 is 56.5 Å². The normalized spacial score (nSPS) is 37.7. The minimum Gasteiger partial charge on any atom is -0.547 e. The Hall–Kier alpha value is 0.906. The van der Waals surface area contributed by atoms with Crippen molar-refractivity contribution >= 4 is 5.97 Å². The number of carbonyl (C=O) groups is 1. The zero-order chi connectivity index (χ0) is 13.2. The first kappa shape index (κ1) is 18.9. The Morgan fingerprint density at radius 3 is 2.44 bits per heavy atom. The van der Waals surface area contributed by atoms with E-state index in [1.807, 2.05) is 0 Å². The second kappa shape index (κ2) is 8.25. The summed E-state index contributed by atoms with van der Waals surface area (Å²) in [6, 6.07) is 0. The zero-order valence-corrected chi connectivity index (χ0v) is 13.8. The number of hydrogen-bond acceptors (Lipinski definition) is 7. The van der Waals surface area contributed by atoms with Gasteiger partial charge in [-0.25, -0.2) is 0 Å². The molecule has 6 atom stereocenters. The topological polar surface area (TPSA) is 119 Å². The van der Waals surface area contributed by atoms with Gasteiger partial charge in [-0.1, -0.05) is 6.92 Å². The third kappa shape index (κ3) is 4.48. The summed E-state index contributed by atoms with van der Waals surface area (Å²) in [5.41, 5.74) is 0. The molecular formula is C10H17KO7. The minimum absolute atomic E-state index is 0. The van der Waals surface area contributed by atoms with Crippen LogP contribution in [0.15, 0.2) is 0 Å². The SMILES string of the molecule is CC1C(O[C@@H](C)C(=O)[O-])OC(CO)[C@@H](O)[C@@H]1O.[K+]. The van der Waals surface area contributed by atoms with Crippen molar-refractivity contribution in [1.82, 2.24) is 0 Å². The number of carbonyl (C=O) groups excluding carboxylic acids is 1. The van der Waals surface area contributed by atoms with Gasteiger partial charge in [0.2, 0.25) is 0 Å². The number of ether oxygens (including phenoxy) is 2. The van der Waals surface area contributed by atoms with Gasteiger partial charge in [0.15, 0.2) is 6.29 Å². The Balaban J connectivity index is 0.00000289. The fourth-order valence-corrected chi connectivity index (χ4v) is 1.63. The van der Waals surface area contributed by atoms with Gasteiger partial charge in [-0.05, 0) is 6.92 Å². The number of rotatable bonds is 4. The standard InChI is InChI=1S/C10H18O7.K/c1-4-7(12)8(13)6(3-11)17-10(4)16-5(2)9(14)15;/h4-8,10-13H,3H2,1-2H3,(H,14,15);/q;+1/p-1/t4?,5-,6?,7+,8+,10?;/m0./s1. The molecule has 1 saturated heterocycles. The van der Waals surface area contributed by atoms with Crippen LogP contribution in [0.1, 0.15) is 13.8 Å². The minimum atomic E-state index is -1.40. The van der Waals surface area contributed by atoms with Crippen LogP contribution in [0.3, 0.4) is 0 Å². The third-order valence-corrected chi connectivity index (χ3v) is 2.86. The molecule has 0 spiro atoms. The van der Waals surface area contributed by atoms with E-state index in [1.165, 1.54) is 6.92 Å². The summed E-state index contributed by atoms with van der Waals surface area (Å²) in [7, 11) is 0. The molecular weight excluding hydrogens is 271 g/mol. The van der Waals surface area contributed by atoms with Crippen molar-refractivity contribution in [3.63, 3.8) is 0 Å². The Labute approximate surface area is 148 Å². The number of hydrogen-bond donors (Lipinski definition) is 3. The Morgan fingerprint density at radius 1 is 1.44 bits per heavy atom. The summed E-state index contributed by atoms with van der Waals surface area (Å²) in [5, 5.41) is 38.7. The van der Waals surface area contributed by atoms with Gasteiger partial charge >= 0.3 is 51.4 Å². The van der Waals surface area contributed by atoms with Gasteiger partial charge in [-0.3, -0.25) is 0 Å². The Kier molecular flexibility index (Phi) is 8.67. The summed E-state index contributed by atoms with van der Waals surface area (Å²) in [4.78, 5) is 10.5. The molecule has 0 bridgehead atoms. The van der Waals surface area contributed by atoms with Gasteiger partial charge in [0.25, 0.3) is 0 Å². The first-order valence-electron chi connectivity index (χ1n) is 5.37. The fraction of sp³-hybridized carbons (Fsp3) is 0.900. The van der Waals surface area contributed by atoms with Crippen LogP contribution in [0.4, 0.5) is 0 Å². The molecule has 1 aliphatic rings. The summed E-state index contributed by atoms with van der Waals surface area (Å²) in [6.45, 7) is 2.33. The van der Waals surface area contributed by atoms with Gasteiger partial charge in [0.05, 0.1) is 24.8 Å². The maximum atomic E-state index is 10.5. The van der Waals surface area contributed by atoms with Gasteiger partial charge in [0, 0.05) is 5.92 Å². The predicted molar refractivity (Wildman–Crippen MR) is 52.5 cm³/mol. The number of aliphatic hydroxyl groups excluding tert-OH is 3. The van der Waals surface area contributed by atoms with E-state index in [2.05, 4.69) is 0 Å². The van der Waals surface area contributed by atoms with Gasteiger partial charge < -0.3 is 34.7 Å². The maximum Gasteiger partial charge on any atom is 1.00 e.